The summed E-state index contributed by atoms with van der Waals surface area (Å²) in [6.07, 6.45) is 1.45. The minimum atomic E-state index is -0.924. The quantitative estimate of drug-likeness (QED) is 0.930. The summed E-state index contributed by atoms with van der Waals surface area (Å²) in [5.74, 6) is -0.924. The normalized spacial score (nSPS) is 11.4. The first-order valence-corrected chi connectivity index (χ1v) is 6.69. The number of aromatic nitrogens is 4. The van der Waals surface area contributed by atoms with Crippen LogP contribution >= 0.6 is 11.6 Å². The molecule has 7 nitrogen and oxygen atoms in total. The molecule has 0 fully saturated rings. The van der Waals surface area contributed by atoms with E-state index in [0.29, 0.717) is 16.4 Å². The largest absolute Gasteiger partial charge is 0.480 e. The number of carboxylic acid groups (broad SMARTS) is 1. The molecule has 8 heteroatoms. The van der Waals surface area contributed by atoms with E-state index in [1.807, 2.05) is 20.8 Å². The molecule has 112 valence electrons. The van der Waals surface area contributed by atoms with E-state index in [4.69, 9.17) is 11.6 Å². The fourth-order valence-electron chi connectivity index (χ4n) is 2.00. The van der Waals surface area contributed by atoms with Gasteiger partial charge in [0, 0.05) is 10.6 Å². The summed E-state index contributed by atoms with van der Waals surface area (Å²) in [6.45, 7) is 5.64. The highest BCUT2D eigenvalue weighted by Gasteiger charge is 2.27. The lowest BCUT2D eigenvalue weighted by molar-refractivity contribution is -0.135. The first-order chi connectivity index (χ1) is 9.79. The second kappa shape index (κ2) is 5.69. The average Bonchev–Trinajstić information content (AvgIpc) is 2.88. The summed E-state index contributed by atoms with van der Waals surface area (Å²) < 4.78 is 1.48. The Bertz CT molecular complexity index is 637. The van der Waals surface area contributed by atoms with Crippen molar-refractivity contribution in [3.63, 3.8) is 0 Å². The highest BCUT2D eigenvalue weighted by atomic mass is 35.5. The predicted molar refractivity (Wildman–Crippen MR) is 78.9 cm³/mol. The van der Waals surface area contributed by atoms with Crippen LogP contribution in [0.4, 0.5) is 5.69 Å². The predicted octanol–water partition coefficient (Wildman–Crippen LogP) is 2.01. The minimum Gasteiger partial charge on any atom is -0.480 e. The Kier molecular flexibility index (Phi) is 4.13. The van der Waals surface area contributed by atoms with Gasteiger partial charge in [-0.2, -0.15) is 4.68 Å². The zero-order valence-electron chi connectivity index (χ0n) is 12.0. The smallest absolute Gasteiger partial charge is 0.323 e. The van der Waals surface area contributed by atoms with E-state index < -0.39 is 11.5 Å². The molecule has 0 saturated carbocycles. The van der Waals surface area contributed by atoms with Gasteiger partial charge < -0.3 is 10.0 Å². The van der Waals surface area contributed by atoms with E-state index >= 15 is 0 Å². The summed E-state index contributed by atoms with van der Waals surface area (Å²) in [6, 6.07) is 5.19. The molecule has 2 aromatic rings. The fraction of sp³-hybridized carbons (Fsp3) is 0.385. The number of hydrogen-bond donors (Lipinski definition) is 1. The number of nitrogens with zero attached hydrogens (tertiary/aromatic N) is 5. The Morgan fingerprint density at radius 1 is 1.43 bits per heavy atom. The van der Waals surface area contributed by atoms with Crippen molar-refractivity contribution >= 4 is 23.3 Å². The van der Waals surface area contributed by atoms with Gasteiger partial charge in [-0.05, 0) is 49.4 Å². The topological polar surface area (TPSA) is 84.1 Å². The molecule has 0 aliphatic heterocycles. The second-order valence-corrected chi connectivity index (χ2v) is 5.97. The number of carbonyl (C=O) groups is 1. The number of halogens is 1. The van der Waals surface area contributed by atoms with Gasteiger partial charge in [0.05, 0.1) is 11.4 Å². The van der Waals surface area contributed by atoms with Crippen molar-refractivity contribution in [1.82, 2.24) is 20.2 Å². The van der Waals surface area contributed by atoms with E-state index in [1.54, 1.807) is 23.1 Å². The van der Waals surface area contributed by atoms with Crippen LogP contribution in [0.15, 0.2) is 24.5 Å². The Hall–Kier alpha value is -2.15. The molecule has 0 aliphatic carbocycles. The van der Waals surface area contributed by atoms with Crippen LogP contribution in [0.2, 0.25) is 5.02 Å². The van der Waals surface area contributed by atoms with Gasteiger partial charge >= 0.3 is 5.97 Å². The number of benzene rings is 1. The molecular formula is C13H16ClN5O2. The van der Waals surface area contributed by atoms with Gasteiger partial charge in [-0.25, -0.2) is 0 Å². The van der Waals surface area contributed by atoms with Crippen LogP contribution in [0, 0.1) is 0 Å². The third-order valence-electron chi connectivity index (χ3n) is 2.93. The van der Waals surface area contributed by atoms with E-state index in [-0.39, 0.29) is 6.54 Å². The number of carboxylic acids is 1. The van der Waals surface area contributed by atoms with Gasteiger partial charge in [0.2, 0.25) is 0 Å². The first-order valence-electron chi connectivity index (χ1n) is 6.31. The average molecular weight is 310 g/mol. The van der Waals surface area contributed by atoms with Crippen LogP contribution in [-0.4, -0.2) is 43.4 Å². The maximum Gasteiger partial charge on any atom is 0.323 e. The zero-order valence-corrected chi connectivity index (χ0v) is 12.7. The summed E-state index contributed by atoms with van der Waals surface area (Å²) in [5.41, 5.74) is 0.913. The van der Waals surface area contributed by atoms with Gasteiger partial charge in [-0.15, -0.1) is 5.10 Å². The van der Waals surface area contributed by atoms with Crippen molar-refractivity contribution in [2.75, 3.05) is 11.4 Å². The first kappa shape index (κ1) is 15.2. The third-order valence-corrected chi connectivity index (χ3v) is 3.16. The lowest BCUT2D eigenvalue weighted by atomic mass is 10.0. The van der Waals surface area contributed by atoms with Crippen molar-refractivity contribution in [2.45, 2.75) is 26.3 Å². The molecule has 0 aliphatic rings. The standard InChI is InChI=1S/C13H16ClN5O2/c1-13(2,3)18(7-12(20)21)11-6-9(14)4-5-10(11)19-8-15-16-17-19/h4-6,8H,7H2,1-3H3,(H,20,21). The van der Waals surface area contributed by atoms with Crippen molar-refractivity contribution in [2.24, 2.45) is 0 Å². The number of aliphatic carboxylic acids is 1. The molecule has 1 aromatic heterocycles. The number of anilines is 1. The molecule has 0 saturated heterocycles. The van der Waals surface area contributed by atoms with Crippen LogP contribution in [0.3, 0.4) is 0 Å². The van der Waals surface area contributed by atoms with E-state index in [1.165, 1.54) is 11.0 Å². The monoisotopic (exact) mass is 309 g/mol. The Morgan fingerprint density at radius 3 is 2.67 bits per heavy atom. The van der Waals surface area contributed by atoms with E-state index in [0.717, 1.165) is 0 Å². The minimum absolute atomic E-state index is 0.154. The van der Waals surface area contributed by atoms with Crippen LogP contribution in [0.5, 0.6) is 0 Å². The van der Waals surface area contributed by atoms with Gasteiger partial charge in [0.15, 0.2) is 0 Å². The van der Waals surface area contributed by atoms with Gasteiger partial charge in [-0.3, -0.25) is 4.79 Å². The van der Waals surface area contributed by atoms with Gasteiger partial charge in [0.1, 0.15) is 12.9 Å². The molecular weight excluding hydrogens is 294 g/mol. The van der Waals surface area contributed by atoms with Gasteiger partial charge in [-0.1, -0.05) is 11.6 Å². The SMILES string of the molecule is CC(C)(C)N(CC(=O)O)c1cc(Cl)ccc1-n1cnnn1. The van der Waals surface area contributed by atoms with Crippen molar-refractivity contribution < 1.29 is 9.90 Å². The number of rotatable bonds is 4. The lowest BCUT2D eigenvalue weighted by Gasteiger charge is -2.37. The molecule has 0 bridgehead atoms. The highest BCUT2D eigenvalue weighted by molar-refractivity contribution is 6.31. The number of hydrogen-bond acceptors (Lipinski definition) is 5. The molecule has 0 amide bonds. The van der Waals surface area contributed by atoms with E-state index in [2.05, 4.69) is 15.5 Å². The summed E-state index contributed by atoms with van der Waals surface area (Å²) >= 11 is 6.07. The maximum atomic E-state index is 11.2. The van der Waals surface area contributed by atoms with Crippen molar-refractivity contribution in [3.05, 3.63) is 29.5 Å². The number of tetrazole rings is 1. The zero-order chi connectivity index (χ0) is 15.6. The van der Waals surface area contributed by atoms with Crippen LogP contribution in [0.25, 0.3) is 5.69 Å². The molecule has 1 aromatic carbocycles. The summed E-state index contributed by atoms with van der Waals surface area (Å²) in [7, 11) is 0. The highest BCUT2D eigenvalue weighted by Crippen LogP contribution is 2.32. The molecule has 21 heavy (non-hydrogen) atoms. The molecule has 2 rings (SSSR count). The maximum absolute atomic E-state index is 11.2. The fourth-order valence-corrected chi connectivity index (χ4v) is 2.16. The van der Waals surface area contributed by atoms with Crippen LogP contribution < -0.4 is 4.90 Å². The molecule has 0 spiro atoms. The molecule has 0 radical (unpaired) electrons. The van der Waals surface area contributed by atoms with Crippen LogP contribution in [-0.2, 0) is 4.79 Å². The van der Waals surface area contributed by atoms with Gasteiger partial charge in [0.25, 0.3) is 0 Å². The Balaban J connectivity index is 2.58. The van der Waals surface area contributed by atoms with Crippen molar-refractivity contribution in [3.8, 4) is 5.69 Å². The molecule has 0 unspecified atom stereocenters. The third kappa shape index (κ3) is 3.49. The second-order valence-electron chi connectivity index (χ2n) is 5.54. The summed E-state index contributed by atoms with van der Waals surface area (Å²) in [5, 5.41) is 20.8. The Morgan fingerprint density at radius 2 is 2.14 bits per heavy atom. The molecule has 0 atom stereocenters. The molecule has 1 heterocycles. The molecule has 1 N–H and O–H groups in total. The van der Waals surface area contributed by atoms with Crippen molar-refractivity contribution in [1.29, 1.82) is 0 Å². The van der Waals surface area contributed by atoms with Crippen LogP contribution in [0.1, 0.15) is 20.8 Å². The summed E-state index contributed by atoms with van der Waals surface area (Å²) in [4.78, 5) is 12.9. The van der Waals surface area contributed by atoms with E-state index in [9.17, 15) is 9.90 Å². The Labute approximate surface area is 127 Å². The lowest BCUT2D eigenvalue weighted by Crippen LogP contribution is -2.45.